The van der Waals surface area contributed by atoms with E-state index >= 15 is 0 Å². The van der Waals surface area contributed by atoms with Gasteiger partial charge in [0.05, 0.1) is 5.02 Å². The summed E-state index contributed by atoms with van der Waals surface area (Å²) in [5.41, 5.74) is 0. The predicted octanol–water partition coefficient (Wildman–Crippen LogP) is 4.41. The van der Waals surface area contributed by atoms with Crippen LogP contribution in [0.4, 0.5) is 0 Å². The molecule has 0 aliphatic rings. The van der Waals surface area contributed by atoms with Crippen molar-refractivity contribution in [1.82, 2.24) is 14.8 Å². The van der Waals surface area contributed by atoms with Crippen molar-refractivity contribution in [3.8, 4) is 5.75 Å². The highest BCUT2D eigenvalue weighted by molar-refractivity contribution is 7.71. The highest BCUT2D eigenvalue weighted by atomic mass is 35.5. The zero-order valence-electron chi connectivity index (χ0n) is 10.5. The lowest BCUT2D eigenvalue weighted by Crippen LogP contribution is -2.11. The molecule has 1 aromatic carbocycles. The molecule has 0 aliphatic carbocycles. The first-order valence-corrected chi connectivity index (χ1v) is 6.96. The third-order valence-corrected chi connectivity index (χ3v) is 3.51. The van der Waals surface area contributed by atoms with Gasteiger partial charge in [-0.3, -0.25) is 5.10 Å². The summed E-state index contributed by atoms with van der Waals surface area (Å²) in [4.78, 5) is 0. The molecule has 1 heterocycles. The molecule has 0 saturated carbocycles. The lowest BCUT2D eigenvalue weighted by Gasteiger charge is -2.15. The van der Waals surface area contributed by atoms with Crippen LogP contribution in [0.15, 0.2) is 18.2 Å². The second-order valence-electron chi connectivity index (χ2n) is 3.97. The number of hydrogen-bond acceptors (Lipinski definition) is 3. The maximum atomic E-state index is 6.07. The fraction of sp³-hybridized carbons (Fsp3) is 0.333. The number of rotatable bonds is 4. The highest BCUT2D eigenvalue weighted by Crippen LogP contribution is 2.30. The minimum Gasteiger partial charge on any atom is -0.481 e. The van der Waals surface area contributed by atoms with E-state index in [9.17, 15) is 0 Å². The number of halogens is 2. The Morgan fingerprint density at radius 1 is 1.47 bits per heavy atom. The van der Waals surface area contributed by atoms with Gasteiger partial charge in [-0.25, -0.2) is 0 Å². The minimum atomic E-state index is -0.272. The van der Waals surface area contributed by atoms with Crippen molar-refractivity contribution in [1.29, 1.82) is 0 Å². The molecule has 1 unspecified atom stereocenters. The monoisotopic (exact) mass is 317 g/mol. The van der Waals surface area contributed by atoms with Crippen LogP contribution >= 0.6 is 35.4 Å². The largest absolute Gasteiger partial charge is 0.481 e. The van der Waals surface area contributed by atoms with Crippen LogP contribution in [0.2, 0.25) is 10.0 Å². The standard InChI is InChI=1S/C12H13Cl2N3OS/c1-3-17-11(15-16-12(17)19)7(2)18-10-5-4-8(13)6-9(10)14/h4-7H,3H2,1-2H3,(H,16,19). The molecule has 1 aromatic heterocycles. The molecule has 2 aromatic rings. The molecule has 7 heteroatoms. The summed E-state index contributed by atoms with van der Waals surface area (Å²) in [6, 6.07) is 5.10. The van der Waals surface area contributed by atoms with Crippen molar-refractivity contribution in [2.75, 3.05) is 0 Å². The number of aromatic nitrogens is 3. The Morgan fingerprint density at radius 3 is 2.84 bits per heavy atom. The topological polar surface area (TPSA) is 42.8 Å². The first-order chi connectivity index (χ1) is 9.02. The van der Waals surface area contributed by atoms with Crippen molar-refractivity contribution in [3.63, 3.8) is 0 Å². The smallest absolute Gasteiger partial charge is 0.195 e. The summed E-state index contributed by atoms with van der Waals surface area (Å²) in [5.74, 6) is 1.30. The van der Waals surface area contributed by atoms with Gasteiger partial charge in [0.1, 0.15) is 5.75 Å². The van der Waals surface area contributed by atoms with E-state index in [0.717, 1.165) is 12.4 Å². The van der Waals surface area contributed by atoms with E-state index in [-0.39, 0.29) is 6.10 Å². The molecule has 0 saturated heterocycles. The van der Waals surface area contributed by atoms with Crippen LogP contribution in [-0.4, -0.2) is 14.8 Å². The van der Waals surface area contributed by atoms with Crippen LogP contribution in [0.5, 0.6) is 5.75 Å². The fourth-order valence-electron chi connectivity index (χ4n) is 1.76. The molecule has 0 aliphatic heterocycles. The SMILES string of the molecule is CCn1c(C(C)Oc2ccc(Cl)cc2Cl)n[nH]c1=S. The molecular weight excluding hydrogens is 305 g/mol. The normalized spacial score (nSPS) is 12.4. The molecule has 0 fully saturated rings. The third-order valence-electron chi connectivity index (χ3n) is 2.67. The van der Waals surface area contributed by atoms with Gasteiger partial charge in [-0.2, -0.15) is 5.10 Å². The van der Waals surface area contributed by atoms with E-state index < -0.39 is 0 Å². The van der Waals surface area contributed by atoms with Gasteiger partial charge >= 0.3 is 0 Å². The van der Waals surface area contributed by atoms with Crippen LogP contribution in [0, 0.1) is 4.77 Å². The zero-order chi connectivity index (χ0) is 14.0. The summed E-state index contributed by atoms with van der Waals surface area (Å²) in [6.45, 7) is 4.62. The van der Waals surface area contributed by atoms with Gasteiger partial charge in [0.25, 0.3) is 0 Å². The predicted molar refractivity (Wildman–Crippen MR) is 78.6 cm³/mol. The molecule has 4 nitrogen and oxygen atoms in total. The number of nitrogens with one attached hydrogen (secondary N) is 1. The lowest BCUT2D eigenvalue weighted by molar-refractivity contribution is 0.211. The molecule has 0 bridgehead atoms. The Labute approximate surface area is 126 Å². The van der Waals surface area contributed by atoms with Crippen LogP contribution < -0.4 is 4.74 Å². The number of H-pyrrole nitrogens is 1. The number of hydrogen-bond donors (Lipinski definition) is 1. The van der Waals surface area contributed by atoms with Gasteiger partial charge in [-0.05, 0) is 44.3 Å². The van der Waals surface area contributed by atoms with E-state index in [2.05, 4.69) is 10.2 Å². The molecule has 1 atom stereocenters. The second kappa shape index (κ2) is 5.94. The van der Waals surface area contributed by atoms with Crippen molar-refractivity contribution < 1.29 is 4.74 Å². The van der Waals surface area contributed by atoms with Crippen molar-refractivity contribution in [3.05, 3.63) is 38.8 Å². The van der Waals surface area contributed by atoms with Gasteiger partial charge in [-0.1, -0.05) is 23.2 Å². The Balaban J connectivity index is 2.25. The van der Waals surface area contributed by atoms with Crippen LogP contribution in [0.3, 0.4) is 0 Å². The minimum absolute atomic E-state index is 0.272. The van der Waals surface area contributed by atoms with E-state index in [4.69, 9.17) is 40.2 Å². The number of aromatic amines is 1. The summed E-state index contributed by atoms with van der Waals surface area (Å²) in [5, 5.41) is 7.98. The molecular formula is C12H13Cl2N3OS. The third kappa shape index (κ3) is 3.11. The van der Waals surface area contributed by atoms with E-state index in [0.29, 0.717) is 20.6 Å². The summed E-state index contributed by atoms with van der Waals surface area (Å²) < 4.78 is 8.26. The molecule has 0 radical (unpaired) electrons. The first-order valence-electron chi connectivity index (χ1n) is 5.79. The van der Waals surface area contributed by atoms with Crippen LogP contribution in [0.1, 0.15) is 25.8 Å². The molecule has 1 N–H and O–H groups in total. The van der Waals surface area contributed by atoms with Gasteiger partial charge in [0, 0.05) is 11.6 Å². The van der Waals surface area contributed by atoms with Gasteiger partial charge in [0.15, 0.2) is 16.7 Å². The number of benzene rings is 1. The van der Waals surface area contributed by atoms with Crippen LogP contribution in [0.25, 0.3) is 0 Å². The van der Waals surface area contributed by atoms with E-state index in [1.165, 1.54) is 0 Å². The van der Waals surface area contributed by atoms with Gasteiger partial charge < -0.3 is 9.30 Å². The molecule has 19 heavy (non-hydrogen) atoms. The lowest BCUT2D eigenvalue weighted by atomic mass is 10.3. The fourth-order valence-corrected chi connectivity index (χ4v) is 2.48. The Hall–Kier alpha value is -1.04. The van der Waals surface area contributed by atoms with Crippen molar-refractivity contribution >= 4 is 35.4 Å². The molecule has 102 valence electrons. The Kier molecular flexibility index (Phi) is 4.50. The Morgan fingerprint density at radius 2 is 2.21 bits per heavy atom. The van der Waals surface area contributed by atoms with Gasteiger partial charge in [-0.15, -0.1) is 0 Å². The average molecular weight is 318 g/mol. The van der Waals surface area contributed by atoms with Crippen LogP contribution in [-0.2, 0) is 6.54 Å². The zero-order valence-corrected chi connectivity index (χ0v) is 12.8. The molecule has 0 spiro atoms. The number of ether oxygens (including phenoxy) is 1. The summed E-state index contributed by atoms with van der Waals surface area (Å²) in [7, 11) is 0. The first kappa shape index (κ1) is 14.4. The Bertz CT molecular complexity index is 638. The van der Waals surface area contributed by atoms with Crippen molar-refractivity contribution in [2.24, 2.45) is 0 Å². The summed E-state index contributed by atoms with van der Waals surface area (Å²) in [6.07, 6.45) is -0.272. The molecule has 2 rings (SSSR count). The quantitative estimate of drug-likeness (QED) is 0.849. The summed E-state index contributed by atoms with van der Waals surface area (Å²) >= 11 is 17.1. The maximum absolute atomic E-state index is 6.07. The van der Waals surface area contributed by atoms with Crippen molar-refractivity contribution in [2.45, 2.75) is 26.5 Å². The van der Waals surface area contributed by atoms with E-state index in [1.54, 1.807) is 18.2 Å². The molecule has 0 amide bonds. The highest BCUT2D eigenvalue weighted by Gasteiger charge is 2.16. The maximum Gasteiger partial charge on any atom is 0.195 e. The average Bonchev–Trinajstić information content (AvgIpc) is 2.74. The van der Waals surface area contributed by atoms with Gasteiger partial charge in [0.2, 0.25) is 0 Å². The van der Waals surface area contributed by atoms with E-state index in [1.807, 2.05) is 18.4 Å². The number of nitrogens with zero attached hydrogens (tertiary/aromatic N) is 2. The second-order valence-corrected chi connectivity index (χ2v) is 5.20.